The first-order chi connectivity index (χ1) is 16.5. The molecule has 10 heteroatoms. The van der Waals surface area contributed by atoms with Crippen molar-refractivity contribution < 1.29 is 14.3 Å². The van der Waals surface area contributed by atoms with Gasteiger partial charge in [-0.1, -0.05) is 20.8 Å². The van der Waals surface area contributed by atoms with Gasteiger partial charge in [-0.15, -0.1) is 11.3 Å². The fraction of sp³-hybridized carbons (Fsp3) is 0.520. The van der Waals surface area contributed by atoms with Crippen LogP contribution in [0.5, 0.6) is 0 Å². The lowest BCUT2D eigenvalue weighted by Gasteiger charge is -2.42. The van der Waals surface area contributed by atoms with Crippen LogP contribution in [0.1, 0.15) is 62.5 Å². The maximum atomic E-state index is 13.6. The molecule has 0 bridgehead atoms. The number of amides is 1. The lowest BCUT2D eigenvalue weighted by molar-refractivity contribution is -0.123. The number of aryl methyl sites for hydroxylation is 1. The van der Waals surface area contributed by atoms with Gasteiger partial charge in [0.05, 0.1) is 22.5 Å². The van der Waals surface area contributed by atoms with Crippen molar-refractivity contribution in [2.45, 2.75) is 53.3 Å². The molecule has 3 aromatic heterocycles. The molecule has 3 N–H and O–H groups in total. The Kier molecular flexibility index (Phi) is 7.35. The van der Waals surface area contributed by atoms with Gasteiger partial charge in [0.15, 0.2) is 6.23 Å². The highest BCUT2D eigenvalue weighted by Crippen LogP contribution is 2.35. The molecule has 2 atom stereocenters. The van der Waals surface area contributed by atoms with E-state index in [1.54, 1.807) is 17.5 Å². The highest BCUT2D eigenvalue weighted by Gasteiger charge is 2.34. The number of carbonyl (C=O) groups is 1. The van der Waals surface area contributed by atoms with E-state index in [1.807, 2.05) is 45.6 Å². The van der Waals surface area contributed by atoms with Crippen molar-refractivity contribution in [3.05, 3.63) is 46.5 Å². The molecular weight excluding hydrogens is 467 g/mol. The largest absolute Gasteiger partial charge is 0.372 e. The number of hydrogen-bond donors (Lipinski definition) is 3. The van der Waals surface area contributed by atoms with Gasteiger partial charge in [-0.3, -0.25) is 14.7 Å². The number of carbonyl (C=O) groups excluding carboxylic acids is 1. The highest BCUT2D eigenvalue weighted by molar-refractivity contribution is 7.19. The first-order valence-electron chi connectivity index (χ1n) is 11.8. The third-order valence-electron chi connectivity index (χ3n) is 5.95. The molecule has 1 aliphatic rings. The summed E-state index contributed by atoms with van der Waals surface area (Å²) >= 11 is 1.55. The summed E-state index contributed by atoms with van der Waals surface area (Å²) in [7, 11) is 0. The normalized spacial score (nSPS) is 16.7. The standard InChI is InChI=1S/C25H33FN6O2S/c1-14-6-19-22(35-14)21(31-24(30-19)29-15(2)17-7-18(26)11-27-10-17)23(34)32-12-16(13-32)9-28-20(33)8-25(3,4)5/h6-7,10-11,15-16,23,34H,8-9,12-13H2,1-5H3,(H,28,33)(H,29,30,31)/t15-,23?/m0/s1. The molecule has 4 heterocycles. The number of aromatic nitrogens is 3. The van der Waals surface area contributed by atoms with E-state index in [9.17, 15) is 14.3 Å². The van der Waals surface area contributed by atoms with E-state index < -0.39 is 12.0 Å². The van der Waals surface area contributed by atoms with Gasteiger partial charge in [0.2, 0.25) is 11.9 Å². The molecule has 1 fully saturated rings. The summed E-state index contributed by atoms with van der Waals surface area (Å²) in [6, 6.07) is 3.13. The summed E-state index contributed by atoms with van der Waals surface area (Å²) in [5.74, 6) is 0.308. The number of aliphatic hydroxyl groups excluding tert-OH is 1. The number of anilines is 1. The molecule has 1 unspecified atom stereocenters. The van der Waals surface area contributed by atoms with E-state index in [-0.39, 0.29) is 23.3 Å². The van der Waals surface area contributed by atoms with Crippen molar-refractivity contribution in [2.75, 3.05) is 25.0 Å². The SMILES string of the molecule is Cc1cc2nc(N[C@@H](C)c3cncc(F)c3)nc(C(O)N3CC(CNC(=O)CC(C)(C)C)C3)c2s1. The van der Waals surface area contributed by atoms with E-state index in [2.05, 4.69) is 25.6 Å². The Morgan fingerprint density at radius 1 is 1.29 bits per heavy atom. The average molecular weight is 501 g/mol. The Morgan fingerprint density at radius 3 is 2.71 bits per heavy atom. The number of nitrogens with one attached hydrogen (secondary N) is 2. The zero-order valence-corrected chi connectivity index (χ0v) is 21.6. The van der Waals surface area contributed by atoms with Crippen LogP contribution in [0.2, 0.25) is 0 Å². The number of halogens is 1. The van der Waals surface area contributed by atoms with Crippen LogP contribution in [0.25, 0.3) is 10.2 Å². The third-order valence-corrected chi connectivity index (χ3v) is 7.01. The lowest BCUT2D eigenvalue weighted by Crippen LogP contribution is -2.52. The Hall–Kier alpha value is -2.69. The van der Waals surface area contributed by atoms with Gasteiger partial charge >= 0.3 is 0 Å². The molecule has 1 saturated heterocycles. The highest BCUT2D eigenvalue weighted by atomic mass is 32.1. The predicted octanol–water partition coefficient (Wildman–Crippen LogP) is 4.18. The van der Waals surface area contributed by atoms with Crippen LogP contribution < -0.4 is 10.6 Å². The summed E-state index contributed by atoms with van der Waals surface area (Å²) in [5.41, 5.74) is 1.94. The average Bonchev–Trinajstić information content (AvgIpc) is 3.10. The molecule has 188 valence electrons. The van der Waals surface area contributed by atoms with Crippen LogP contribution in [0, 0.1) is 24.1 Å². The molecule has 0 aromatic carbocycles. The van der Waals surface area contributed by atoms with E-state index >= 15 is 0 Å². The van der Waals surface area contributed by atoms with Gasteiger partial charge in [-0.25, -0.2) is 14.4 Å². The van der Waals surface area contributed by atoms with Crippen LogP contribution in [0.15, 0.2) is 24.5 Å². The minimum absolute atomic E-state index is 0.0441. The topological polar surface area (TPSA) is 103 Å². The van der Waals surface area contributed by atoms with Crippen molar-refractivity contribution in [3.8, 4) is 0 Å². The number of thiophene rings is 1. The molecule has 8 nitrogen and oxygen atoms in total. The van der Waals surface area contributed by atoms with Crippen molar-refractivity contribution in [2.24, 2.45) is 11.3 Å². The second-order valence-corrected chi connectivity index (χ2v) is 11.8. The van der Waals surface area contributed by atoms with Crippen LogP contribution in [0.3, 0.4) is 0 Å². The summed E-state index contributed by atoms with van der Waals surface area (Å²) in [6.45, 7) is 11.9. The van der Waals surface area contributed by atoms with Crippen molar-refractivity contribution in [1.82, 2.24) is 25.2 Å². The molecule has 0 saturated carbocycles. The van der Waals surface area contributed by atoms with Crippen LogP contribution in [0.4, 0.5) is 10.3 Å². The fourth-order valence-corrected chi connectivity index (χ4v) is 5.12. The van der Waals surface area contributed by atoms with Gasteiger partial charge in [-0.2, -0.15) is 0 Å². The molecule has 35 heavy (non-hydrogen) atoms. The predicted molar refractivity (Wildman–Crippen MR) is 135 cm³/mol. The van der Waals surface area contributed by atoms with Crippen LogP contribution >= 0.6 is 11.3 Å². The molecule has 0 spiro atoms. The van der Waals surface area contributed by atoms with Gasteiger partial charge in [0.25, 0.3) is 0 Å². The number of aliphatic hydroxyl groups is 1. The van der Waals surface area contributed by atoms with E-state index in [1.165, 1.54) is 6.07 Å². The zero-order chi connectivity index (χ0) is 25.3. The van der Waals surface area contributed by atoms with Crippen LogP contribution in [-0.2, 0) is 4.79 Å². The Bertz CT molecular complexity index is 1200. The number of fused-ring (bicyclic) bond motifs is 1. The van der Waals surface area contributed by atoms with E-state index in [0.717, 1.165) is 21.3 Å². The maximum Gasteiger partial charge on any atom is 0.224 e. The minimum atomic E-state index is -0.883. The lowest BCUT2D eigenvalue weighted by atomic mass is 9.91. The van der Waals surface area contributed by atoms with Gasteiger partial charge < -0.3 is 15.7 Å². The molecule has 1 aliphatic heterocycles. The maximum absolute atomic E-state index is 13.6. The Balaban J connectivity index is 1.44. The monoisotopic (exact) mass is 500 g/mol. The summed E-state index contributed by atoms with van der Waals surface area (Å²) < 4.78 is 14.5. The molecule has 4 rings (SSSR count). The number of likely N-dealkylation sites (tertiary alicyclic amines) is 1. The number of pyridine rings is 1. The summed E-state index contributed by atoms with van der Waals surface area (Å²) in [4.78, 5) is 28.3. The van der Waals surface area contributed by atoms with Gasteiger partial charge in [-0.05, 0) is 37.0 Å². The molecule has 3 aromatic rings. The Labute approximate surface area is 209 Å². The Morgan fingerprint density at radius 2 is 2.03 bits per heavy atom. The smallest absolute Gasteiger partial charge is 0.224 e. The molecule has 0 aliphatic carbocycles. The summed E-state index contributed by atoms with van der Waals surface area (Å²) in [5, 5.41) is 17.4. The van der Waals surface area contributed by atoms with E-state index in [0.29, 0.717) is 43.3 Å². The van der Waals surface area contributed by atoms with Gasteiger partial charge in [0.1, 0.15) is 11.5 Å². The fourth-order valence-electron chi connectivity index (χ4n) is 4.17. The molecular formula is C25H33FN6O2S. The second-order valence-electron chi connectivity index (χ2n) is 10.5. The van der Waals surface area contributed by atoms with Crippen molar-refractivity contribution in [3.63, 3.8) is 0 Å². The number of hydrogen-bond acceptors (Lipinski definition) is 8. The first-order valence-corrected chi connectivity index (χ1v) is 12.6. The van der Waals surface area contributed by atoms with Crippen molar-refractivity contribution in [1.29, 1.82) is 0 Å². The number of rotatable bonds is 8. The van der Waals surface area contributed by atoms with Crippen molar-refractivity contribution >= 4 is 33.4 Å². The summed E-state index contributed by atoms with van der Waals surface area (Å²) in [6.07, 6.45) is 2.37. The quantitative estimate of drug-likeness (QED) is 0.426. The van der Waals surface area contributed by atoms with Crippen LogP contribution in [-0.4, -0.2) is 50.5 Å². The zero-order valence-electron chi connectivity index (χ0n) is 20.8. The van der Waals surface area contributed by atoms with Gasteiger partial charge in [0, 0.05) is 43.0 Å². The minimum Gasteiger partial charge on any atom is -0.372 e. The first kappa shape index (κ1) is 25.4. The van der Waals surface area contributed by atoms with E-state index in [4.69, 9.17) is 0 Å². The third kappa shape index (κ3) is 6.31. The number of nitrogens with zero attached hydrogens (tertiary/aromatic N) is 4. The molecule has 1 amide bonds. The molecule has 0 radical (unpaired) electrons. The second kappa shape index (κ2) is 10.1.